The lowest BCUT2D eigenvalue weighted by atomic mass is 9.96. The Kier molecular flexibility index (Phi) is 8.64. The van der Waals surface area contributed by atoms with Crippen LogP contribution in [-0.2, 0) is 20.9 Å². The Labute approximate surface area is 190 Å². The van der Waals surface area contributed by atoms with Crippen molar-refractivity contribution in [3.8, 4) is 0 Å². The second kappa shape index (κ2) is 11.4. The summed E-state index contributed by atoms with van der Waals surface area (Å²) in [6.45, 7) is 6.92. The standard InChI is InChI=1S/C24H37N5O3/c1-17(2)24(31)26-15-19(25)14-22(30)28-11-6-8-18(16-28)23-27-20-9-4-5-10-21(20)29(23)12-7-13-32-3/h4-5,9-10,17-19H,6-8,11-16,25H2,1-3H3,(H,26,31)/t18-,19-/m1/s1. The zero-order chi connectivity index (χ0) is 23.1. The molecule has 2 amide bonds. The summed E-state index contributed by atoms with van der Waals surface area (Å²) in [6, 6.07) is 7.81. The van der Waals surface area contributed by atoms with Crippen molar-refractivity contribution in [3.05, 3.63) is 30.1 Å². The molecule has 1 fully saturated rings. The van der Waals surface area contributed by atoms with Gasteiger partial charge in [0.25, 0.3) is 0 Å². The minimum Gasteiger partial charge on any atom is -0.385 e. The number of carbonyl (C=O) groups excluding carboxylic acids is 2. The zero-order valence-corrected chi connectivity index (χ0v) is 19.5. The Morgan fingerprint density at radius 1 is 1.31 bits per heavy atom. The quantitative estimate of drug-likeness (QED) is 0.549. The number of methoxy groups -OCH3 is 1. The van der Waals surface area contributed by atoms with Crippen LogP contribution in [0.1, 0.15) is 51.3 Å². The average molecular weight is 444 g/mol. The first kappa shape index (κ1) is 24.2. The number of aryl methyl sites for hydroxylation is 1. The summed E-state index contributed by atoms with van der Waals surface area (Å²) in [5.74, 6) is 1.15. The molecule has 0 aliphatic carbocycles. The van der Waals surface area contributed by atoms with Crippen LogP contribution >= 0.6 is 0 Å². The third kappa shape index (κ3) is 6.07. The molecule has 2 atom stereocenters. The van der Waals surface area contributed by atoms with Crippen molar-refractivity contribution < 1.29 is 14.3 Å². The van der Waals surface area contributed by atoms with Gasteiger partial charge in [-0.25, -0.2) is 4.98 Å². The number of benzene rings is 1. The van der Waals surface area contributed by atoms with Crippen LogP contribution in [0.5, 0.6) is 0 Å². The summed E-state index contributed by atoms with van der Waals surface area (Å²) in [7, 11) is 1.72. The molecule has 1 saturated heterocycles. The van der Waals surface area contributed by atoms with Crippen LogP contribution in [-0.4, -0.2) is 65.7 Å². The Hall–Kier alpha value is -2.45. The smallest absolute Gasteiger partial charge is 0.224 e. The van der Waals surface area contributed by atoms with E-state index in [1.807, 2.05) is 36.9 Å². The molecule has 32 heavy (non-hydrogen) atoms. The normalized spacial score (nSPS) is 17.7. The van der Waals surface area contributed by atoms with E-state index in [9.17, 15) is 9.59 Å². The van der Waals surface area contributed by atoms with Gasteiger partial charge in [0.05, 0.1) is 11.0 Å². The number of aromatic nitrogens is 2. The van der Waals surface area contributed by atoms with E-state index in [0.717, 1.165) is 49.2 Å². The Balaban J connectivity index is 1.66. The van der Waals surface area contributed by atoms with Crippen LogP contribution in [0.25, 0.3) is 11.0 Å². The second-order valence-electron chi connectivity index (χ2n) is 9.00. The summed E-state index contributed by atoms with van der Waals surface area (Å²) in [4.78, 5) is 31.5. The number of ether oxygens (including phenoxy) is 1. The molecule has 3 N–H and O–H groups in total. The lowest BCUT2D eigenvalue weighted by Crippen LogP contribution is -2.45. The van der Waals surface area contributed by atoms with Gasteiger partial charge < -0.3 is 25.3 Å². The third-order valence-corrected chi connectivity index (χ3v) is 6.05. The van der Waals surface area contributed by atoms with Crippen molar-refractivity contribution in [2.24, 2.45) is 11.7 Å². The van der Waals surface area contributed by atoms with Gasteiger partial charge in [0.1, 0.15) is 5.82 Å². The molecule has 0 unspecified atom stereocenters. The van der Waals surface area contributed by atoms with Gasteiger partial charge in [0, 0.05) is 64.2 Å². The molecule has 2 aromatic rings. The van der Waals surface area contributed by atoms with Crippen LogP contribution in [0.15, 0.2) is 24.3 Å². The minimum absolute atomic E-state index is 0.0432. The number of nitrogens with one attached hydrogen (secondary N) is 1. The SMILES string of the molecule is COCCCn1c([C@@H]2CCCN(C(=O)C[C@@H](N)CNC(=O)C(C)C)C2)nc2ccccc21. The predicted molar refractivity (Wildman–Crippen MR) is 125 cm³/mol. The van der Waals surface area contributed by atoms with Crippen LogP contribution in [0.4, 0.5) is 0 Å². The van der Waals surface area contributed by atoms with Gasteiger partial charge in [-0.1, -0.05) is 26.0 Å². The molecular weight excluding hydrogens is 406 g/mol. The van der Waals surface area contributed by atoms with Crippen molar-refractivity contribution in [2.75, 3.05) is 33.4 Å². The number of rotatable bonds is 10. The molecule has 3 rings (SSSR count). The van der Waals surface area contributed by atoms with Gasteiger partial charge in [-0.15, -0.1) is 0 Å². The maximum atomic E-state index is 12.9. The highest BCUT2D eigenvalue weighted by Crippen LogP contribution is 2.30. The fourth-order valence-corrected chi connectivity index (χ4v) is 4.28. The minimum atomic E-state index is -0.385. The van der Waals surface area contributed by atoms with E-state index in [1.165, 1.54) is 0 Å². The Bertz CT molecular complexity index is 910. The van der Waals surface area contributed by atoms with Crippen molar-refractivity contribution in [1.29, 1.82) is 0 Å². The van der Waals surface area contributed by atoms with Gasteiger partial charge in [0.2, 0.25) is 11.8 Å². The molecule has 0 spiro atoms. The van der Waals surface area contributed by atoms with Crippen LogP contribution in [0, 0.1) is 5.92 Å². The van der Waals surface area contributed by atoms with Crippen LogP contribution in [0.2, 0.25) is 0 Å². The molecule has 0 radical (unpaired) electrons. The van der Waals surface area contributed by atoms with Gasteiger partial charge >= 0.3 is 0 Å². The number of hydrogen-bond donors (Lipinski definition) is 2. The molecule has 176 valence electrons. The molecule has 1 aliphatic rings. The van der Waals surface area contributed by atoms with Crippen LogP contribution in [0.3, 0.4) is 0 Å². The zero-order valence-electron chi connectivity index (χ0n) is 19.5. The van der Waals surface area contributed by atoms with E-state index in [0.29, 0.717) is 19.7 Å². The summed E-state index contributed by atoms with van der Waals surface area (Å²) < 4.78 is 7.54. The van der Waals surface area contributed by atoms with Gasteiger partial charge in [-0.05, 0) is 31.4 Å². The van der Waals surface area contributed by atoms with E-state index in [4.69, 9.17) is 15.5 Å². The monoisotopic (exact) mass is 443 g/mol. The predicted octanol–water partition coefficient (Wildman–Crippen LogP) is 2.27. The first-order valence-electron chi connectivity index (χ1n) is 11.7. The average Bonchev–Trinajstić information content (AvgIpc) is 3.16. The summed E-state index contributed by atoms with van der Waals surface area (Å²) >= 11 is 0. The number of piperidine rings is 1. The summed E-state index contributed by atoms with van der Waals surface area (Å²) in [5.41, 5.74) is 8.25. The molecule has 1 aliphatic heterocycles. The Morgan fingerprint density at radius 3 is 2.84 bits per heavy atom. The first-order valence-corrected chi connectivity index (χ1v) is 11.7. The van der Waals surface area contributed by atoms with Gasteiger partial charge in [0.15, 0.2) is 0 Å². The van der Waals surface area contributed by atoms with Crippen LogP contribution < -0.4 is 11.1 Å². The fourth-order valence-electron chi connectivity index (χ4n) is 4.28. The largest absolute Gasteiger partial charge is 0.385 e. The number of para-hydroxylation sites is 2. The maximum absolute atomic E-state index is 12.9. The lowest BCUT2D eigenvalue weighted by molar-refractivity contribution is -0.133. The third-order valence-electron chi connectivity index (χ3n) is 6.05. The molecule has 8 nitrogen and oxygen atoms in total. The van der Waals surface area contributed by atoms with Gasteiger partial charge in [-0.2, -0.15) is 0 Å². The van der Waals surface area contributed by atoms with Gasteiger partial charge in [-0.3, -0.25) is 9.59 Å². The molecule has 2 heterocycles. The van der Waals surface area contributed by atoms with Crippen molar-refractivity contribution >= 4 is 22.8 Å². The number of imidazole rings is 1. The summed E-state index contributed by atoms with van der Waals surface area (Å²) in [5, 5.41) is 2.81. The van der Waals surface area contributed by atoms with E-state index >= 15 is 0 Å². The van der Waals surface area contributed by atoms with Crippen molar-refractivity contribution in [1.82, 2.24) is 19.8 Å². The number of fused-ring (bicyclic) bond motifs is 1. The van der Waals surface area contributed by atoms with E-state index in [-0.39, 0.29) is 36.1 Å². The highest BCUT2D eigenvalue weighted by molar-refractivity contribution is 5.79. The van der Waals surface area contributed by atoms with E-state index in [1.54, 1.807) is 7.11 Å². The number of carbonyl (C=O) groups is 2. The first-order chi connectivity index (χ1) is 15.4. The van der Waals surface area contributed by atoms with Crippen molar-refractivity contribution in [2.45, 2.75) is 58.0 Å². The number of nitrogens with two attached hydrogens (primary N) is 1. The second-order valence-corrected chi connectivity index (χ2v) is 9.00. The maximum Gasteiger partial charge on any atom is 0.224 e. The highest BCUT2D eigenvalue weighted by atomic mass is 16.5. The summed E-state index contributed by atoms with van der Waals surface area (Å²) in [6.07, 6.45) is 3.09. The van der Waals surface area contributed by atoms with E-state index in [2.05, 4.69) is 16.0 Å². The molecule has 1 aromatic carbocycles. The highest BCUT2D eigenvalue weighted by Gasteiger charge is 2.29. The van der Waals surface area contributed by atoms with Crippen molar-refractivity contribution in [3.63, 3.8) is 0 Å². The molecule has 0 saturated carbocycles. The molecular formula is C24H37N5O3. The van der Waals surface area contributed by atoms with E-state index < -0.39 is 0 Å². The molecule has 0 bridgehead atoms. The topological polar surface area (TPSA) is 102 Å². The number of likely N-dealkylation sites (tertiary alicyclic amines) is 1. The number of amides is 2. The fraction of sp³-hybridized carbons (Fsp3) is 0.625. The molecule has 1 aromatic heterocycles. The lowest BCUT2D eigenvalue weighted by Gasteiger charge is -2.33. The number of nitrogens with zero attached hydrogens (tertiary/aromatic N) is 3. The number of hydrogen-bond acceptors (Lipinski definition) is 5. The Morgan fingerprint density at radius 2 is 2.09 bits per heavy atom. The molecule has 8 heteroatoms.